The Morgan fingerprint density at radius 3 is 2.71 bits per heavy atom. The molecule has 4 nitrogen and oxygen atoms in total. The second-order valence-electron chi connectivity index (χ2n) is 3.49. The number of nitrogens with zero attached hydrogens (tertiary/aromatic N) is 1. The van der Waals surface area contributed by atoms with Crippen molar-refractivity contribution in [1.29, 1.82) is 0 Å². The van der Waals surface area contributed by atoms with Gasteiger partial charge in [0.2, 0.25) is 5.91 Å². The smallest absolute Gasteiger partial charge is 0.236 e. The molecule has 0 saturated heterocycles. The Hall–Kier alpha value is -0.610. The van der Waals surface area contributed by atoms with E-state index >= 15 is 0 Å². The average Bonchev–Trinajstić information content (AvgIpc) is 2.17. The van der Waals surface area contributed by atoms with Crippen molar-refractivity contribution < 1.29 is 9.53 Å². The number of amides is 1. The predicted molar refractivity (Wildman–Crippen MR) is 57.3 cm³/mol. The van der Waals surface area contributed by atoms with Crippen LogP contribution in [0.5, 0.6) is 0 Å². The van der Waals surface area contributed by atoms with Gasteiger partial charge in [-0.05, 0) is 19.9 Å². The summed E-state index contributed by atoms with van der Waals surface area (Å²) >= 11 is 0. The fraction of sp³-hybridized carbons (Fsp3) is 0.900. The van der Waals surface area contributed by atoms with E-state index in [1.165, 1.54) is 0 Å². The van der Waals surface area contributed by atoms with E-state index in [9.17, 15) is 4.79 Å². The van der Waals surface area contributed by atoms with Crippen molar-refractivity contribution in [3.05, 3.63) is 0 Å². The lowest BCUT2D eigenvalue weighted by molar-refractivity contribution is -0.131. The number of rotatable bonds is 7. The molecular formula is C10H22N2O2. The molecule has 0 aromatic carbocycles. The van der Waals surface area contributed by atoms with Gasteiger partial charge >= 0.3 is 0 Å². The summed E-state index contributed by atoms with van der Waals surface area (Å²) in [5.41, 5.74) is 0. The van der Waals surface area contributed by atoms with Crippen molar-refractivity contribution in [2.75, 3.05) is 33.9 Å². The molecule has 1 amide bonds. The van der Waals surface area contributed by atoms with Gasteiger partial charge in [-0.15, -0.1) is 0 Å². The second kappa shape index (κ2) is 7.76. The van der Waals surface area contributed by atoms with Crippen LogP contribution in [0.15, 0.2) is 0 Å². The summed E-state index contributed by atoms with van der Waals surface area (Å²) in [5.74, 6) is 0.114. The third-order valence-electron chi connectivity index (χ3n) is 2.17. The molecule has 1 atom stereocenters. The first-order valence-electron chi connectivity index (χ1n) is 5.08. The van der Waals surface area contributed by atoms with Crippen LogP contribution in [0.25, 0.3) is 0 Å². The topological polar surface area (TPSA) is 41.6 Å². The van der Waals surface area contributed by atoms with Crippen molar-refractivity contribution in [2.45, 2.75) is 26.3 Å². The SMILES string of the molecule is CCCNCC(=O)N(C)C(C)COC. The van der Waals surface area contributed by atoms with Gasteiger partial charge in [-0.3, -0.25) is 4.79 Å². The van der Waals surface area contributed by atoms with Crippen LogP contribution in [0.2, 0.25) is 0 Å². The predicted octanol–water partition coefficient (Wildman–Crippen LogP) is 0.479. The molecule has 0 radical (unpaired) electrons. The van der Waals surface area contributed by atoms with Gasteiger partial charge in [0.15, 0.2) is 0 Å². The zero-order valence-corrected chi connectivity index (χ0v) is 9.67. The van der Waals surface area contributed by atoms with Crippen molar-refractivity contribution in [3.8, 4) is 0 Å². The number of carbonyl (C=O) groups is 1. The second-order valence-corrected chi connectivity index (χ2v) is 3.49. The fourth-order valence-corrected chi connectivity index (χ4v) is 1.10. The molecule has 0 aliphatic heterocycles. The molecule has 4 heteroatoms. The lowest BCUT2D eigenvalue weighted by atomic mass is 10.3. The van der Waals surface area contributed by atoms with Gasteiger partial charge in [-0.1, -0.05) is 6.92 Å². The Morgan fingerprint density at radius 1 is 1.57 bits per heavy atom. The molecule has 0 spiro atoms. The van der Waals surface area contributed by atoms with E-state index in [-0.39, 0.29) is 11.9 Å². The third-order valence-corrected chi connectivity index (χ3v) is 2.17. The number of methoxy groups -OCH3 is 1. The molecule has 0 saturated carbocycles. The highest BCUT2D eigenvalue weighted by Crippen LogP contribution is 1.95. The lowest BCUT2D eigenvalue weighted by Crippen LogP contribution is -2.42. The maximum atomic E-state index is 11.5. The highest BCUT2D eigenvalue weighted by Gasteiger charge is 2.14. The summed E-state index contributed by atoms with van der Waals surface area (Å²) in [7, 11) is 3.45. The van der Waals surface area contributed by atoms with Gasteiger partial charge in [0.05, 0.1) is 19.2 Å². The summed E-state index contributed by atoms with van der Waals surface area (Å²) in [6.45, 7) is 5.93. The summed E-state index contributed by atoms with van der Waals surface area (Å²) in [4.78, 5) is 13.3. The van der Waals surface area contributed by atoms with Crippen molar-refractivity contribution in [2.24, 2.45) is 0 Å². The molecule has 1 N–H and O–H groups in total. The van der Waals surface area contributed by atoms with Crippen LogP contribution in [0.1, 0.15) is 20.3 Å². The number of nitrogens with one attached hydrogen (secondary N) is 1. The normalized spacial score (nSPS) is 12.6. The molecule has 0 heterocycles. The molecule has 0 rings (SSSR count). The third kappa shape index (κ3) is 5.19. The number of likely N-dealkylation sites (N-methyl/N-ethyl adjacent to an activating group) is 1. The first-order chi connectivity index (χ1) is 6.63. The molecule has 0 aromatic heterocycles. The number of hydrogen-bond donors (Lipinski definition) is 1. The van der Waals surface area contributed by atoms with E-state index in [4.69, 9.17) is 4.74 Å². The summed E-state index contributed by atoms with van der Waals surface area (Å²) in [6, 6.07) is 0.135. The molecule has 0 fully saturated rings. The number of ether oxygens (including phenoxy) is 1. The lowest BCUT2D eigenvalue weighted by Gasteiger charge is -2.24. The Labute approximate surface area is 86.6 Å². The van der Waals surface area contributed by atoms with E-state index in [0.29, 0.717) is 13.2 Å². The van der Waals surface area contributed by atoms with E-state index in [1.54, 1.807) is 19.1 Å². The monoisotopic (exact) mass is 202 g/mol. The van der Waals surface area contributed by atoms with E-state index in [1.807, 2.05) is 6.92 Å². The van der Waals surface area contributed by atoms with Crippen LogP contribution in [-0.2, 0) is 9.53 Å². The molecular weight excluding hydrogens is 180 g/mol. The highest BCUT2D eigenvalue weighted by atomic mass is 16.5. The molecule has 0 aromatic rings. The minimum absolute atomic E-state index is 0.114. The van der Waals surface area contributed by atoms with Crippen molar-refractivity contribution in [3.63, 3.8) is 0 Å². The summed E-state index contributed by atoms with van der Waals surface area (Å²) in [5, 5.41) is 3.08. The van der Waals surface area contributed by atoms with Gasteiger partial charge in [0, 0.05) is 14.2 Å². The van der Waals surface area contributed by atoms with E-state index in [2.05, 4.69) is 12.2 Å². The minimum atomic E-state index is 0.114. The maximum Gasteiger partial charge on any atom is 0.236 e. The van der Waals surface area contributed by atoms with Gasteiger partial charge < -0.3 is 15.0 Å². The van der Waals surface area contributed by atoms with Crippen molar-refractivity contribution >= 4 is 5.91 Å². The van der Waals surface area contributed by atoms with Crippen LogP contribution in [0.4, 0.5) is 0 Å². The van der Waals surface area contributed by atoms with Crippen LogP contribution < -0.4 is 5.32 Å². The van der Waals surface area contributed by atoms with Crippen LogP contribution >= 0.6 is 0 Å². The summed E-state index contributed by atoms with van der Waals surface area (Å²) < 4.78 is 4.99. The zero-order valence-electron chi connectivity index (χ0n) is 9.67. The number of carbonyl (C=O) groups excluding carboxylic acids is 1. The number of hydrogen-bond acceptors (Lipinski definition) is 3. The summed E-state index contributed by atoms with van der Waals surface area (Å²) in [6.07, 6.45) is 1.05. The quantitative estimate of drug-likeness (QED) is 0.611. The molecule has 84 valence electrons. The van der Waals surface area contributed by atoms with Crippen LogP contribution in [0, 0.1) is 0 Å². The maximum absolute atomic E-state index is 11.5. The first-order valence-corrected chi connectivity index (χ1v) is 5.08. The fourth-order valence-electron chi connectivity index (χ4n) is 1.10. The van der Waals surface area contributed by atoms with Gasteiger partial charge in [0.1, 0.15) is 0 Å². The molecule has 14 heavy (non-hydrogen) atoms. The zero-order chi connectivity index (χ0) is 11.0. The average molecular weight is 202 g/mol. The van der Waals surface area contributed by atoms with Gasteiger partial charge in [-0.2, -0.15) is 0 Å². The van der Waals surface area contributed by atoms with Gasteiger partial charge in [0.25, 0.3) is 0 Å². The Bertz CT molecular complexity index is 162. The Balaban J connectivity index is 3.74. The first kappa shape index (κ1) is 13.4. The Kier molecular flexibility index (Phi) is 7.42. The molecule has 0 aliphatic rings. The van der Waals surface area contributed by atoms with E-state index in [0.717, 1.165) is 13.0 Å². The van der Waals surface area contributed by atoms with E-state index < -0.39 is 0 Å². The van der Waals surface area contributed by atoms with Crippen LogP contribution in [0.3, 0.4) is 0 Å². The highest BCUT2D eigenvalue weighted by molar-refractivity contribution is 5.78. The van der Waals surface area contributed by atoms with Gasteiger partial charge in [-0.25, -0.2) is 0 Å². The molecule has 0 aliphatic carbocycles. The van der Waals surface area contributed by atoms with Crippen molar-refractivity contribution in [1.82, 2.24) is 10.2 Å². The Morgan fingerprint density at radius 2 is 2.21 bits per heavy atom. The minimum Gasteiger partial charge on any atom is -0.383 e. The van der Waals surface area contributed by atoms with Crippen LogP contribution in [-0.4, -0.2) is 50.7 Å². The molecule has 1 unspecified atom stereocenters. The molecule has 0 bridgehead atoms. The largest absolute Gasteiger partial charge is 0.383 e. The standard InChI is InChI=1S/C10H22N2O2/c1-5-6-11-7-10(13)12(3)9(2)8-14-4/h9,11H,5-8H2,1-4H3.